The highest BCUT2D eigenvalue weighted by molar-refractivity contribution is 6.04. The quantitative estimate of drug-likeness (QED) is 0.719. The highest BCUT2D eigenvalue weighted by Gasteiger charge is 2.57. The van der Waals surface area contributed by atoms with Crippen LogP contribution in [0.1, 0.15) is 46.0 Å². The molecule has 0 aromatic heterocycles. The van der Waals surface area contributed by atoms with Crippen LogP contribution in [0.4, 0.5) is 0 Å². The first-order valence-corrected chi connectivity index (χ1v) is 6.40. The second-order valence-corrected chi connectivity index (χ2v) is 6.19. The van der Waals surface area contributed by atoms with Gasteiger partial charge in [0.05, 0.1) is 0 Å². The zero-order valence-electron chi connectivity index (χ0n) is 10.6. The molecule has 0 aromatic rings. The second-order valence-electron chi connectivity index (χ2n) is 6.19. The van der Waals surface area contributed by atoms with E-state index in [9.17, 15) is 9.59 Å². The summed E-state index contributed by atoms with van der Waals surface area (Å²) in [6.07, 6.45) is 4.71. The Morgan fingerprint density at radius 2 is 1.94 bits per heavy atom. The van der Waals surface area contributed by atoms with E-state index >= 15 is 0 Å². The number of aliphatic carboxylic acids is 1. The van der Waals surface area contributed by atoms with Gasteiger partial charge in [-0.1, -0.05) is 20.3 Å². The number of carboxylic acids is 1. The van der Waals surface area contributed by atoms with Gasteiger partial charge in [0.2, 0.25) is 5.91 Å². The molecule has 0 radical (unpaired) electrons. The Hall–Kier alpha value is -1.06. The van der Waals surface area contributed by atoms with Crippen molar-refractivity contribution < 1.29 is 14.7 Å². The Labute approximate surface area is 102 Å². The average molecular weight is 239 g/mol. The lowest BCUT2D eigenvalue weighted by molar-refractivity contribution is -0.149. The molecule has 4 heteroatoms. The van der Waals surface area contributed by atoms with Crippen LogP contribution in [0.2, 0.25) is 0 Å². The number of carbonyl (C=O) groups is 2. The second kappa shape index (κ2) is 4.00. The first-order valence-electron chi connectivity index (χ1n) is 6.40. The lowest BCUT2D eigenvalue weighted by atomic mass is 9.67. The predicted molar refractivity (Wildman–Crippen MR) is 63.4 cm³/mol. The van der Waals surface area contributed by atoms with Gasteiger partial charge in [0.15, 0.2) is 0 Å². The van der Waals surface area contributed by atoms with Gasteiger partial charge in [-0.15, -0.1) is 0 Å². The Bertz CT molecular complexity index is 341. The van der Waals surface area contributed by atoms with Gasteiger partial charge in [-0.25, -0.2) is 0 Å². The van der Waals surface area contributed by atoms with Gasteiger partial charge in [0.1, 0.15) is 5.41 Å². The summed E-state index contributed by atoms with van der Waals surface area (Å²) in [5, 5.41) is 11.8. The van der Waals surface area contributed by atoms with Crippen LogP contribution in [0.5, 0.6) is 0 Å². The minimum Gasteiger partial charge on any atom is -0.480 e. The van der Waals surface area contributed by atoms with Gasteiger partial charge in [-0.2, -0.15) is 0 Å². The van der Waals surface area contributed by atoms with Crippen LogP contribution in [-0.2, 0) is 9.59 Å². The Balaban J connectivity index is 1.86. The summed E-state index contributed by atoms with van der Waals surface area (Å²) in [5.41, 5.74) is -1.02. The largest absolute Gasteiger partial charge is 0.480 e. The normalized spacial score (nSPS) is 22.7. The monoisotopic (exact) mass is 239 g/mol. The van der Waals surface area contributed by atoms with Crippen molar-refractivity contribution >= 4 is 11.9 Å². The zero-order valence-corrected chi connectivity index (χ0v) is 10.6. The fraction of sp³-hybridized carbons (Fsp3) is 0.846. The van der Waals surface area contributed by atoms with E-state index in [0.717, 1.165) is 0 Å². The molecule has 2 N–H and O–H groups in total. The van der Waals surface area contributed by atoms with Gasteiger partial charge in [0, 0.05) is 6.54 Å². The van der Waals surface area contributed by atoms with E-state index in [2.05, 4.69) is 19.2 Å². The number of nitrogens with one attached hydrogen (secondary N) is 1. The predicted octanol–water partition coefficient (Wildman–Crippen LogP) is 1.79. The van der Waals surface area contributed by atoms with Crippen LogP contribution in [-0.4, -0.2) is 23.5 Å². The van der Waals surface area contributed by atoms with Crippen molar-refractivity contribution in [1.82, 2.24) is 5.32 Å². The van der Waals surface area contributed by atoms with E-state index in [4.69, 9.17) is 5.11 Å². The van der Waals surface area contributed by atoms with Gasteiger partial charge in [-0.3, -0.25) is 9.59 Å². The standard InChI is InChI=1S/C13H21NO3/c1-12(2,9-4-3-5-9)8-14-10(15)13(6-7-13)11(16)17/h9H,3-8H2,1-2H3,(H,14,15)(H,16,17). The molecule has 2 aliphatic rings. The van der Waals surface area contributed by atoms with Gasteiger partial charge in [0.25, 0.3) is 0 Å². The molecular formula is C13H21NO3. The minimum atomic E-state index is -1.10. The third-order valence-corrected chi connectivity index (χ3v) is 4.51. The molecule has 0 aromatic carbocycles. The topological polar surface area (TPSA) is 66.4 Å². The third kappa shape index (κ3) is 2.17. The molecule has 96 valence electrons. The van der Waals surface area contributed by atoms with Crippen molar-refractivity contribution in [3.8, 4) is 0 Å². The van der Waals surface area contributed by atoms with E-state index in [1.165, 1.54) is 19.3 Å². The zero-order chi connectivity index (χ0) is 12.7. The molecule has 0 bridgehead atoms. The molecular weight excluding hydrogens is 218 g/mol. The van der Waals surface area contributed by atoms with E-state index in [-0.39, 0.29) is 11.3 Å². The minimum absolute atomic E-state index is 0.0858. The van der Waals surface area contributed by atoms with Crippen LogP contribution in [0, 0.1) is 16.7 Å². The molecule has 2 aliphatic carbocycles. The Morgan fingerprint density at radius 3 is 2.29 bits per heavy atom. The fourth-order valence-corrected chi connectivity index (χ4v) is 2.47. The van der Waals surface area contributed by atoms with Crippen LogP contribution < -0.4 is 5.32 Å². The van der Waals surface area contributed by atoms with Crippen molar-refractivity contribution in [3.63, 3.8) is 0 Å². The first kappa shape index (κ1) is 12.4. The molecule has 2 fully saturated rings. The molecule has 4 nitrogen and oxygen atoms in total. The van der Waals surface area contributed by atoms with Crippen molar-refractivity contribution in [3.05, 3.63) is 0 Å². The summed E-state index contributed by atoms with van der Waals surface area (Å²) in [7, 11) is 0. The highest BCUT2D eigenvalue weighted by Crippen LogP contribution is 2.46. The molecule has 0 aliphatic heterocycles. The van der Waals surface area contributed by atoms with Crippen molar-refractivity contribution in [2.75, 3.05) is 6.54 Å². The van der Waals surface area contributed by atoms with E-state index in [0.29, 0.717) is 25.3 Å². The molecule has 0 spiro atoms. The maximum atomic E-state index is 11.9. The van der Waals surface area contributed by atoms with Gasteiger partial charge >= 0.3 is 5.97 Å². The highest BCUT2D eigenvalue weighted by atomic mass is 16.4. The fourth-order valence-electron chi connectivity index (χ4n) is 2.47. The molecule has 17 heavy (non-hydrogen) atoms. The number of amides is 1. The summed E-state index contributed by atoms with van der Waals surface area (Å²) in [6.45, 7) is 4.89. The van der Waals surface area contributed by atoms with Crippen LogP contribution in [0.3, 0.4) is 0 Å². The van der Waals surface area contributed by atoms with Crippen molar-refractivity contribution in [1.29, 1.82) is 0 Å². The summed E-state index contributed by atoms with van der Waals surface area (Å²) < 4.78 is 0. The SMILES string of the molecule is CC(C)(CNC(=O)C1(C(=O)O)CC1)C1CCC1. The lowest BCUT2D eigenvalue weighted by Crippen LogP contribution is -2.45. The molecule has 0 heterocycles. The number of hydrogen-bond acceptors (Lipinski definition) is 2. The summed E-state index contributed by atoms with van der Waals surface area (Å²) in [4.78, 5) is 22.8. The molecule has 0 unspecified atom stereocenters. The van der Waals surface area contributed by atoms with E-state index in [1.807, 2.05) is 0 Å². The van der Waals surface area contributed by atoms with Crippen LogP contribution in [0.25, 0.3) is 0 Å². The summed E-state index contributed by atoms with van der Waals surface area (Å²) in [5.74, 6) is -0.600. The molecule has 1 amide bonds. The lowest BCUT2D eigenvalue weighted by Gasteiger charge is -2.40. The summed E-state index contributed by atoms with van der Waals surface area (Å²) in [6, 6.07) is 0. The van der Waals surface area contributed by atoms with Crippen LogP contribution >= 0.6 is 0 Å². The third-order valence-electron chi connectivity index (χ3n) is 4.51. The van der Waals surface area contributed by atoms with Crippen molar-refractivity contribution in [2.45, 2.75) is 46.0 Å². The molecule has 0 atom stereocenters. The Morgan fingerprint density at radius 1 is 1.35 bits per heavy atom. The van der Waals surface area contributed by atoms with Gasteiger partial charge in [-0.05, 0) is 37.0 Å². The number of carbonyl (C=O) groups excluding carboxylic acids is 1. The Kier molecular flexibility index (Phi) is 2.92. The molecule has 2 saturated carbocycles. The number of rotatable bonds is 5. The van der Waals surface area contributed by atoms with E-state index in [1.54, 1.807) is 0 Å². The summed E-state index contributed by atoms with van der Waals surface area (Å²) >= 11 is 0. The van der Waals surface area contributed by atoms with E-state index < -0.39 is 11.4 Å². The first-order chi connectivity index (χ1) is 7.88. The number of hydrogen-bond donors (Lipinski definition) is 2. The van der Waals surface area contributed by atoms with Crippen molar-refractivity contribution in [2.24, 2.45) is 16.7 Å². The average Bonchev–Trinajstić information content (AvgIpc) is 2.90. The molecule has 0 saturated heterocycles. The maximum Gasteiger partial charge on any atom is 0.319 e. The van der Waals surface area contributed by atoms with Gasteiger partial charge < -0.3 is 10.4 Å². The number of carboxylic acid groups (broad SMARTS) is 1. The maximum absolute atomic E-state index is 11.9. The molecule has 2 rings (SSSR count). The smallest absolute Gasteiger partial charge is 0.319 e. The van der Waals surface area contributed by atoms with Crippen LogP contribution in [0.15, 0.2) is 0 Å².